The second kappa shape index (κ2) is 5.38. The number of nitrogens with zero attached hydrogens (tertiary/aromatic N) is 1. The van der Waals surface area contributed by atoms with Crippen molar-refractivity contribution in [1.29, 1.82) is 0 Å². The first kappa shape index (κ1) is 12.9. The third kappa shape index (κ3) is 2.65. The van der Waals surface area contributed by atoms with Crippen LogP contribution in [0.25, 0.3) is 11.3 Å². The highest BCUT2D eigenvalue weighted by Gasteiger charge is 2.14. The molecule has 0 fully saturated rings. The molecule has 0 aliphatic rings. The first-order chi connectivity index (χ1) is 9.13. The van der Waals surface area contributed by atoms with Gasteiger partial charge in [0.2, 0.25) is 0 Å². The fourth-order valence-corrected chi connectivity index (χ4v) is 1.60. The van der Waals surface area contributed by atoms with Crippen molar-refractivity contribution in [2.24, 2.45) is 0 Å². The maximum absolute atomic E-state index is 12.1. The van der Waals surface area contributed by atoms with E-state index in [1.54, 1.807) is 19.1 Å². The van der Waals surface area contributed by atoms with Gasteiger partial charge in [-0.1, -0.05) is 0 Å². The maximum Gasteiger partial charge on any atom is 0.328 e. The molecule has 0 bridgehead atoms. The second-order valence-electron chi connectivity index (χ2n) is 3.68. The summed E-state index contributed by atoms with van der Waals surface area (Å²) in [4.78, 5) is 37.4. The minimum Gasteiger partial charge on any atom is -0.465 e. The summed E-state index contributed by atoms with van der Waals surface area (Å²) >= 11 is 0. The largest absolute Gasteiger partial charge is 0.465 e. The minimum absolute atomic E-state index is 0.175. The van der Waals surface area contributed by atoms with E-state index in [1.165, 1.54) is 12.5 Å². The van der Waals surface area contributed by atoms with Gasteiger partial charge < -0.3 is 14.1 Å². The Labute approximate surface area is 107 Å². The van der Waals surface area contributed by atoms with E-state index in [4.69, 9.17) is 9.15 Å². The molecule has 2 aromatic rings. The molecule has 1 N–H and O–H groups in total. The third-order valence-corrected chi connectivity index (χ3v) is 2.44. The van der Waals surface area contributed by atoms with Crippen LogP contribution in [0.5, 0.6) is 0 Å². The van der Waals surface area contributed by atoms with Gasteiger partial charge >= 0.3 is 11.7 Å². The summed E-state index contributed by atoms with van der Waals surface area (Å²) in [5, 5.41) is 0. The maximum atomic E-state index is 12.1. The second-order valence-corrected chi connectivity index (χ2v) is 3.68. The number of carbonyl (C=O) groups excluding carboxylic acids is 1. The number of aromatic nitrogens is 2. The van der Waals surface area contributed by atoms with Gasteiger partial charge in [-0.15, -0.1) is 0 Å². The molecule has 2 aromatic heterocycles. The van der Waals surface area contributed by atoms with Crippen molar-refractivity contribution in [3.05, 3.63) is 45.4 Å². The number of esters is 1. The standard InChI is InChI=1S/C12H12N2O5/c1-2-18-10(15)7-14-11(16)8(6-13-12(14)17)9-4-3-5-19-9/h3-6H,2,7H2,1H3,(H,13,17). The van der Waals surface area contributed by atoms with Crippen molar-refractivity contribution >= 4 is 5.97 Å². The van der Waals surface area contributed by atoms with Crippen LogP contribution in [-0.2, 0) is 16.1 Å². The van der Waals surface area contributed by atoms with Crippen molar-refractivity contribution in [1.82, 2.24) is 9.55 Å². The van der Waals surface area contributed by atoms with E-state index >= 15 is 0 Å². The molecule has 0 radical (unpaired) electrons. The number of nitrogens with one attached hydrogen (secondary N) is 1. The van der Waals surface area contributed by atoms with Gasteiger partial charge in [0.05, 0.1) is 18.4 Å². The molecule has 100 valence electrons. The molecule has 2 rings (SSSR count). The molecule has 0 aliphatic heterocycles. The molecule has 0 amide bonds. The number of furan rings is 1. The van der Waals surface area contributed by atoms with Crippen LogP contribution in [0.3, 0.4) is 0 Å². The van der Waals surface area contributed by atoms with Gasteiger partial charge in [-0.3, -0.25) is 9.59 Å². The highest BCUT2D eigenvalue weighted by molar-refractivity contribution is 5.69. The van der Waals surface area contributed by atoms with E-state index < -0.39 is 23.8 Å². The molecule has 0 spiro atoms. The molecule has 0 saturated heterocycles. The molecule has 19 heavy (non-hydrogen) atoms. The summed E-state index contributed by atoms with van der Waals surface area (Å²) in [7, 11) is 0. The lowest BCUT2D eigenvalue weighted by molar-refractivity contribution is -0.143. The molecule has 0 aliphatic carbocycles. The lowest BCUT2D eigenvalue weighted by Gasteiger charge is -2.05. The molecule has 7 nitrogen and oxygen atoms in total. The van der Waals surface area contributed by atoms with E-state index in [0.717, 1.165) is 4.57 Å². The number of ether oxygens (including phenoxy) is 1. The van der Waals surface area contributed by atoms with Crippen LogP contribution in [0.4, 0.5) is 0 Å². The van der Waals surface area contributed by atoms with Crippen molar-refractivity contribution in [3.8, 4) is 11.3 Å². The quantitative estimate of drug-likeness (QED) is 0.804. The Morgan fingerprint density at radius 1 is 1.47 bits per heavy atom. The van der Waals surface area contributed by atoms with E-state index in [-0.39, 0.29) is 12.2 Å². The number of rotatable bonds is 4. The molecular formula is C12H12N2O5. The molecular weight excluding hydrogens is 252 g/mol. The van der Waals surface area contributed by atoms with Crippen molar-refractivity contribution in [3.63, 3.8) is 0 Å². The summed E-state index contributed by atoms with van der Waals surface area (Å²) in [6.45, 7) is 1.39. The van der Waals surface area contributed by atoms with Crippen molar-refractivity contribution < 1.29 is 13.9 Å². The molecule has 2 heterocycles. The Balaban J connectivity index is 2.44. The molecule has 7 heteroatoms. The van der Waals surface area contributed by atoms with Crippen molar-refractivity contribution in [2.75, 3.05) is 6.61 Å². The first-order valence-electron chi connectivity index (χ1n) is 5.65. The van der Waals surface area contributed by atoms with Gasteiger partial charge in [0.25, 0.3) is 5.56 Å². The Kier molecular flexibility index (Phi) is 3.65. The predicted molar refractivity (Wildman–Crippen MR) is 65.7 cm³/mol. The SMILES string of the molecule is CCOC(=O)Cn1c(=O)[nH]cc(-c2ccco2)c1=O. The van der Waals surface area contributed by atoms with Crippen LogP contribution < -0.4 is 11.2 Å². The van der Waals surface area contributed by atoms with Gasteiger partial charge in [-0.05, 0) is 19.1 Å². The Morgan fingerprint density at radius 2 is 2.26 bits per heavy atom. The lowest BCUT2D eigenvalue weighted by Crippen LogP contribution is -2.38. The average molecular weight is 264 g/mol. The summed E-state index contributed by atoms with van der Waals surface area (Å²) in [6.07, 6.45) is 2.67. The van der Waals surface area contributed by atoms with Crippen LogP contribution in [-0.4, -0.2) is 22.1 Å². The number of H-pyrrole nitrogens is 1. The molecule has 0 aromatic carbocycles. The van der Waals surface area contributed by atoms with E-state index in [1.807, 2.05) is 0 Å². The summed E-state index contributed by atoms with van der Waals surface area (Å²) in [5.41, 5.74) is -1.10. The van der Waals surface area contributed by atoms with Crippen LogP contribution in [0.1, 0.15) is 6.92 Å². The lowest BCUT2D eigenvalue weighted by atomic mass is 10.2. The normalized spacial score (nSPS) is 10.4. The smallest absolute Gasteiger partial charge is 0.328 e. The summed E-state index contributed by atoms with van der Waals surface area (Å²) in [5.74, 6) is -0.328. The molecule has 0 saturated carbocycles. The third-order valence-electron chi connectivity index (χ3n) is 2.44. The average Bonchev–Trinajstić information content (AvgIpc) is 2.88. The van der Waals surface area contributed by atoms with Gasteiger partial charge in [0, 0.05) is 6.20 Å². The number of hydrogen-bond acceptors (Lipinski definition) is 5. The van der Waals surface area contributed by atoms with Gasteiger partial charge in [0.15, 0.2) is 0 Å². The Morgan fingerprint density at radius 3 is 2.89 bits per heavy atom. The van der Waals surface area contributed by atoms with Crippen LogP contribution in [0.15, 0.2) is 38.6 Å². The van der Waals surface area contributed by atoms with E-state index in [9.17, 15) is 14.4 Å². The Hall–Kier alpha value is -2.57. The highest BCUT2D eigenvalue weighted by atomic mass is 16.5. The fourth-order valence-electron chi connectivity index (χ4n) is 1.60. The zero-order chi connectivity index (χ0) is 13.8. The Bertz CT molecular complexity index is 681. The minimum atomic E-state index is -0.673. The highest BCUT2D eigenvalue weighted by Crippen LogP contribution is 2.13. The summed E-state index contributed by atoms with van der Waals surface area (Å²) < 4.78 is 10.6. The van der Waals surface area contributed by atoms with Crippen molar-refractivity contribution in [2.45, 2.75) is 13.5 Å². The van der Waals surface area contributed by atoms with E-state index in [0.29, 0.717) is 5.76 Å². The first-order valence-corrected chi connectivity index (χ1v) is 5.65. The van der Waals surface area contributed by atoms with Gasteiger partial charge in [-0.2, -0.15) is 0 Å². The number of hydrogen-bond donors (Lipinski definition) is 1. The van der Waals surface area contributed by atoms with Crippen LogP contribution in [0, 0.1) is 0 Å². The monoisotopic (exact) mass is 264 g/mol. The zero-order valence-corrected chi connectivity index (χ0v) is 10.2. The predicted octanol–water partition coefficient (Wildman–Crippen LogP) is 0.360. The summed E-state index contributed by atoms with van der Waals surface area (Å²) in [6, 6.07) is 3.21. The number of aromatic amines is 1. The zero-order valence-electron chi connectivity index (χ0n) is 10.2. The topological polar surface area (TPSA) is 94.3 Å². The van der Waals surface area contributed by atoms with Crippen LogP contribution in [0.2, 0.25) is 0 Å². The van der Waals surface area contributed by atoms with E-state index in [2.05, 4.69) is 4.98 Å². The van der Waals surface area contributed by atoms with Crippen LogP contribution >= 0.6 is 0 Å². The van der Waals surface area contributed by atoms with Gasteiger partial charge in [0.1, 0.15) is 12.3 Å². The molecule has 0 atom stereocenters. The molecule has 0 unspecified atom stereocenters. The van der Waals surface area contributed by atoms with Gasteiger partial charge in [-0.25, -0.2) is 9.36 Å². The number of carbonyl (C=O) groups is 1. The fraction of sp³-hybridized carbons (Fsp3) is 0.250.